The second kappa shape index (κ2) is 5.90. The van der Waals surface area contributed by atoms with Crippen molar-refractivity contribution in [2.45, 2.75) is 6.10 Å². The molecule has 0 saturated carbocycles. The van der Waals surface area contributed by atoms with Gasteiger partial charge in [0.1, 0.15) is 6.10 Å². The Morgan fingerprint density at radius 3 is 2.29 bits per heavy atom. The van der Waals surface area contributed by atoms with Crippen molar-refractivity contribution in [2.75, 3.05) is 0 Å². The van der Waals surface area contributed by atoms with E-state index in [1.165, 1.54) is 0 Å². The van der Waals surface area contributed by atoms with E-state index in [1.54, 1.807) is 35.3 Å². The lowest BCUT2D eigenvalue weighted by Gasteiger charge is -2.12. The van der Waals surface area contributed by atoms with E-state index >= 15 is 0 Å². The molecule has 0 aliphatic heterocycles. The van der Waals surface area contributed by atoms with Crippen molar-refractivity contribution >= 4 is 23.2 Å². The maximum atomic E-state index is 10.5. The summed E-state index contributed by atoms with van der Waals surface area (Å²) in [7, 11) is 0. The van der Waals surface area contributed by atoms with E-state index < -0.39 is 6.10 Å². The molecule has 3 nitrogen and oxygen atoms in total. The third kappa shape index (κ3) is 2.81. The number of rotatable bonds is 3. The Balaban J connectivity index is 1.97. The summed E-state index contributed by atoms with van der Waals surface area (Å²) in [6.45, 7) is 0. The van der Waals surface area contributed by atoms with Gasteiger partial charge in [0.05, 0.1) is 11.9 Å². The number of benzene rings is 2. The van der Waals surface area contributed by atoms with Gasteiger partial charge in [0, 0.05) is 27.4 Å². The summed E-state index contributed by atoms with van der Waals surface area (Å²) < 4.78 is 1.70. The van der Waals surface area contributed by atoms with E-state index in [0.717, 1.165) is 5.69 Å². The van der Waals surface area contributed by atoms with E-state index in [2.05, 4.69) is 5.10 Å². The Morgan fingerprint density at radius 2 is 1.62 bits per heavy atom. The molecule has 0 spiro atoms. The minimum atomic E-state index is -0.913. The molecule has 3 rings (SSSR count). The number of nitrogens with zero attached hydrogens (tertiary/aromatic N) is 2. The molecule has 0 aliphatic rings. The zero-order chi connectivity index (χ0) is 14.8. The van der Waals surface area contributed by atoms with E-state index in [4.69, 9.17) is 23.2 Å². The van der Waals surface area contributed by atoms with Crippen LogP contribution in [0.2, 0.25) is 10.0 Å². The molecule has 0 radical (unpaired) electrons. The predicted molar refractivity (Wildman–Crippen MR) is 84.1 cm³/mol. The van der Waals surface area contributed by atoms with Crippen LogP contribution in [0.25, 0.3) is 5.69 Å². The predicted octanol–water partition coefficient (Wildman–Crippen LogP) is 4.26. The van der Waals surface area contributed by atoms with E-state index in [0.29, 0.717) is 21.2 Å². The Morgan fingerprint density at radius 1 is 0.952 bits per heavy atom. The molecule has 3 aromatic rings. The van der Waals surface area contributed by atoms with Crippen LogP contribution in [0, 0.1) is 0 Å². The number of hydrogen-bond donors (Lipinski definition) is 1. The molecule has 1 atom stereocenters. The van der Waals surface area contributed by atoms with Crippen LogP contribution < -0.4 is 0 Å². The van der Waals surface area contributed by atoms with Gasteiger partial charge in [0.2, 0.25) is 0 Å². The first-order valence-corrected chi connectivity index (χ1v) is 7.14. The largest absolute Gasteiger partial charge is 0.383 e. The van der Waals surface area contributed by atoms with Gasteiger partial charge in [0.25, 0.3) is 0 Å². The first-order valence-electron chi connectivity index (χ1n) is 6.39. The fourth-order valence-corrected chi connectivity index (χ4v) is 2.74. The quantitative estimate of drug-likeness (QED) is 0.783. The highest BCUT2D eigenvalue weighted by Gasteiger charge is 2.19. The van der Waals surface area contributed by atoms with Crippen molar-refractivity contribution < 1.29 is 5.11 Å². The average molecular weight is 319 g/mol. The summed E-state index contributed by atoms with van der Waals surface area (Å²) in [5, 5.41) is 15.6. The smallest absolute Gasteiger partial charge is 0.110 e. The van der Waals surface area contributed by atoms with Gasteiger partial charge in [-0.1, -0.05) is 47.5 Å². The van der Waals surface area contributed by atoms with Crippen LogP contribution in [0.1, 0.15) is 17.2 Å². The third-order valence-corrected chi connectivity index (χ3v) is 3.87. The van der Waals surface area contributed by atoms with Gasteiger partial charge < -0.3 is 5.11 Å². The zero-order valence-corrected chi connectivity index (χ0v) is 12.5. The number of para-hydroxylation sites is 1. The Kier molecular flexibility index (Phi) is 3.97. The topological polar surface area (TPSA) is 38.1 Å². The SMILES string of the molecule is OC(c1cnn(-c2ccccc2)c1)c1c(Cl)cccc1Cl. The highest BCUT2D eigenvalue weighted by molar-refractivity contribution is 6.36. The number of aliphatic hydroxyl groups excluding tert-OH is 1. The lowest BCUT2D eigenvalue weighted by Crippen LogP contribution is -2.00. The standard InChI is InChI=1S/C16H12Cl2N2O/c17-13-7-4-8-14(18)15(13)16(21)11-9-19-20(10-11)12-5-2-1-3-6-12/h1-10,16,21H. The molecule has 0 bridgehead atoms. The first-order chi connectivity index (χ1) is 10.2. The normalized spacial score (nSPS) is 12.3. The number of hydrogen-bond acceptors (Lipinski definition) is 2. The molecular formula is C16H12Cl2N2O. The van der Waals surface area contributed by atoms with Crippen LogP contribution in [0.5, 0.6) is 0 Å². The Hall–Kier alpha value is -1.81. The first kappa shape index (κ1) is 14.1. The highest BCUT2D eigenvalue weighted by Crippen LogP contribution is 2.33. The van der Waals surface area contributed by atoms with Gasteiger partial charge >= 0.3 is 0 Å². The molecule has 21 heavy (non-hydrogen) atoms. The fourth-order valence-electron chi connectivity index (χ4n) is 2.14. The average Bonchev–Trinajstić information content (AvgIpc) is 2.97. The molecule has 2 aromatic carbocycles. The molecular weight excluding hydrogens is 307 g/mol. The van der Waals surface area contributed by atoms with Crippen molar-refractivity contribution in [1.82, 2.24) is 9.78 Å². The highest BCUT2D eigenvalue weighted by atomic mass is 35.5. The molecule has 5 heteroatoms. The van der Waals surface area contributed by atoms with Crippen LogP contribution in [-0.4, -0.2) is 14.9 Å². The van der Waals surface area contributed by atoms with Crippen LogP contribution in [0.15, 0.2) is 60.9 Å². The summed E-state index contributed by atoms with van der Waals surface area (Å²) in [5.74, 6) is 0. The monoisotopic (exact) mass is 318 g/mol. The summed E-state index contributed by atoms with van der Waals surface area (Å²) in [5.41, 5.74) is 2.04. The van der Waals surface area contributed by atoms with Gasteiger partial charge in [-0.2, -0.15) is 5.10 Å². The molecule has 1 unspecified atom stereocenters. The second-order valence-corrected chi connectivity index (χ2v) is 5.41. The van der Waals surface area contributed by atoms with Gasteiger partial charge in [-0.3, -0.25) is 0 Å². The van der Waals surface area contributed by atoms with Gasteiger partial charge in [-0.15, -0.1) is 0 Å². The maximum Gasteiger partial charge on any atom is 0.110 e. The minimum absolute atomic E-state index is 0.433. The Labute approximate surface area is 132 Å². The summed E-state index contributed by atoms with van der Waals surface area (Å²) >= 11 is 12.3. The van der Waals surface area contributed by atoms with Crippen molar-refractivity contribution in [3.05, 3.63) is 82.1 Å². The van der Waals surface area contributed by atoms with Crippen LogP contribution in [0.4, 0.5) is 0 Å². The van der Waals surface area contributed by atoms with Crippen molar-refractivity contribution in [3.8, 4) is 5.69 Å². The van der Waals surface area contributed by atoms with E-state index in [1.807, 2.05) is 30.3 Å². The van der Waals surface area contributed by atoms with E-state index in [-0.39, 0.29) is 0 Å². The minimum Gasteiger partial charge on any atom is -0.383 e. The molecule has 1 N–H and O–H groups in total. The van der Waals surface area contributed by atoms with Crippen LogP contribution >= 0.6 is 23.2 Å². The number of halogens is 2. The molecule has 0 fully saturated rings. The van der Waals surface area contributed by atoms with Gasteiger partial charge in [-0.05, 0) is 24.3 Å². The summed E-state index contributed by atoms with van der Waals surface area (Å²) in [4.78, 5) is 0. The Bertz CT molecular complexity index is 736. The van der Waals surface area contributed by atoms with Gasteiger partial charge in [0.15, 0.2) is 0 Å². The van der Waals surface area contributed by atoms with Crippen molar-refractivity contribution in [1.29, 1.82) is 0 Å². The fraction of sp³-hybridized carbons (Fsp3) is 0.0625. The maximum absolute atomic E-state index is 10.5. The molecule has 0 aliphatic carbocycles. The molecule has 1 aromatic heterocycles. The van der Waals surface area contributed by atoms with Crippen LogP contribution in [-0.2, 0) is 0 Å². The summed E-state index contributed by atoms with van der Waals surface area (Å²) in [6, 6.07) is 14.8. The summed E-state index contributed by atoms with van der Waals surface area (Å²) in [6.07, 6.45) is 2.46. The number of aromatic nitrogens is 2. The lowest BCUT2D eigenvalue weighted by molar-refractivity contribution is 0.220. The lowest BCUT2D eigenvalue weighted by atomic mass is 10.0. The number of aliphatic hydroxyl groups is 1. The molecule has 0 saturated heterocycles. The van der Waals surface area contributed by atoms with E-state index in [9.17, 15) is 5.11 Å². The van der Waals surface area contributed by atoms with Crippen LogP contribution in [0.3, 0.4) is 0 Å². The van der Waals surface area contributed by atoms with Crippen molar-refractivity contribution in [2.24, 2.45) is 0 Å². The molecule has 106 valence electrons. The van der Waals surface area contributed by atoms with Crippen molar-refractivity contribution in [3.63, 3.8) is 0 Å². The van der Waals surface area contributed by atoms with Gasteiger partial charge in [-0.25, -0.2) is 4.68 Å². The second-order valence-electron chi connectivity index (χ2n) is 4.59. The zero-order valence-electron chi connectivity index (χ0n) is 10.9. The third-order valence-electron chi connectivity index (χ3n) is 3.21. The molecule has 1 heterocycles. The molecule has 0 amide bonds.